The maximum Gasteiger partial charge on any atom is 0.144 e. The lowest BCUT2D eigenvalue weighted by atomic mass is 10.1. The highest BCUT2D eigenvalue weighted by molar-refractivity contribution is 5.83. The van der Waals surface area contributed by atoms with Crippen molar-refractivity contribution >= 4 is 12.4 Å². The van der Waals surface area contributed by atoms with E-state index in [1.165, 1.54) is 18.5 Å². The van der Waals surface area contributed by atoms with Gasteiger partial charge in [-0.3, -0.25) is 0 Å². The number of methoxy groups -OCH3 is 1. The van der Waals surface area contributed by atoms with Gasteiger partial charge >= 0.3 is 0 Å². The summed E-state index contributed by atoms with van der Waals surface area (Å²) in [6, 6.07) is 10.6. The van der Waals surface area contributed by atoms with Crippen LogP contribution in [0.3, 0.4) is 0 Å². The zero-order chi connectivity index (χ0) is 15.9. The number of rotatable bonds is 4. The third kappa shape index (κ3) is 3.73. The number of benzene rings is 2. The summed E-state index contributed by atoms with van der Waals surface area (Å²) in [7, 11) is 1.57. The van der Waals surface area contributed by atoms with Crippen molar-refractivity contribution < 1.29 is 13.5 Å². The SMILES string of the molecule is COc1ccc(C=NN=Cc2cc(F)c(C#N)c(F)c2)cc1. The van der Waals surface area contributed by atoms with Gasteiger partial charge in [-0.15, -0.1) is 0 Å². The molecule has 0 aliphatic heterocycles. The molecule has 0 unspecified atom stereocenters. The number of nitrogens with zero attached hydrogens (tertiary/aromatic N) is 3. The van der Waals surface area contributed by atoms with Gasteiger partial charge in [-0.1, -0.05) is 0 Å². The Kier molecular flexibility index (Phi) is 4.94. The van der Waals surface area contributed by atoms with Crippen LogP contribution in [0.1, 0.15) is 16.7 Å². The number of halogens is 2. The van der Waals surface area contributed by atoms with Crippen LogP contribution in [0.25, 0.3) is 0 Å². The van der Waals surface area contributed by atoms with Crippen molar-refractivity contribution in [2.75, 3.05) is 7.11 Å². The minimum Gasteiger partial charge on any atom is -0.497 e. The summed E-state index contributed by atoms with van der Waals surface area (Å²) in [5, 5.41) is 16.1. The Morgan fingerprint density at radius 3 is 2.05 bits per heavy atom. The van der Waals surface area contributed by atoms with E-state index in [-0.39, 0.29) is 5.56 Å². The van der Waals surface area contributed by atoms with Crippen molar-refractivity contribution in [3.8, 4) is 11.8 Å². The Morgan fingerprint density at radius 2 is 1.55 bits per heavy atom. The van der Waals surface area contributed by atoms with Gasteiger partial charge in [0.25, 0.3) is 0 Å². The molecule has 0 spiro atoms. The van der Waals surface area contributed by atoms with Gasteiger partial charge in [0.05, 0.1) is 19.5 Å². The third-order valence-electron chi connectivity index (χ3n) is 2.77. The molecule has 0 aromatic heterocycles. The molecule has 0 bridgehead atoms. The highest BCUT2D eigenvalue weighted by Crippen LogP contribution is 2.13. The summed E-state index contributed by atoms with van der Waals surface area (Å²) in [5.74, 6) is -1.13. The van der Waals surface area contributed by atoms with Crippen LogP contribution >= 0.6 is 0 Å². The van der Waals surface area contributed by atoms with E-state index in [1.807, 2.05) is 0 Å². The van der Waals surface area contributed by atoms with Crippen molar-refractivity contribution in [1.82, 2.24) is 0 Å². The lowest BCUT2D eigenvalue weighted by molar-refractivity contribution is 0.415. The predicted molar refractivity (Wildman–Crippen MR) is 79.3 cm³/mol. The van der Waals surface area contributed by atoms with Gasteiger partial charge in [0.15, 0.2) is 0 Å². The monoisotopic (exact) mass is 299 g/mol. The van der Waals surface area contributed by atoms with E-state index in [1.54, 1.807) is 31.4 Å². The van der Waals surface area contributed by atoms with Crippen molar-refractivity contribution in [2.45, 2.75) is 0 Å². The topological polar surface area (TPSA) is 57.7 Å². The highest BCUT2D eigenvalue weighted by atomic mass is 19.1. The first-order valence-corrected chi connectivity index (χ1v) is 6.23. The molecular weight excluding hydrogens is 288 g/mol. The molecule has 0 aliphatic rings. The molecule has 0 N–H and O–H groups in total. The molecule has 2 aromatic rings. The molecule has 2 rings (SSSR count). The fourth-order valence-electron chi connectivity index (χ4n) is 1.66. The average molecular weight is 299 g/mol. The summed E-state index contributed by atoms with van der Waals surface area (Å²) < 4.78 is 31.8. The van der Waals surface area contributed by atoms with E-state index in [2.05, 4.69) is 10.2 Å². The Labute approximate surface area is 126 Å². The van der Waals surface area contributed by atoms with Crippen LogP contribution < -0.4 is 4.74 Å². The van der Waals surface area contributed by atoms with Gasteiger partial charge in [0, 0.05) is 5.56 Å². The molecule has 0 radical (unpaired) electrons. The fourth-order valence-corrected chi connectivity index (χ4v) is 1.66. The largest absolute Gasteiger partial charge is 0.497 e. The molecule has 0 saturated heterocycles. The number of nitriles is 1. The summed E-state index contributed by atoms with van der Waals surface area (Å²) in [6.45, 7) is 0. The second-order valence-corrected chi connectivity index (χ2v) is 4.23. The molecule has 0 saturated carbocycles. The zero-order valence-corrected chi connectivity index (χ0v) is 11.6. The number of hydrogen-bond donors (Lipinski definition) is 0. The van der Waals surface area contributed by atoms with Crippen molar-refractivity contribution in [2.24, 2.45) is 10.2 Å². The molecule has 4 nitrogen and oxygen atoms in total. The molecule has 22 heavy (non-hydrogen) atoms. The zero-order valence-electron chi connectivity index (χ0n) is 11.6. The van der Waals surface area contributed by atoms with Gasteiger partial charge in [-0.2, -0.15) is 15.5 Å². The number of hydrogen-bond acceptors (Lipinski definition) is 4. The molecule has 110 valence electrons. The minimum absolute atomic E-state index is 0.181. The first kappa shape index (κ1) is 15.3. The van der Waals surface area contributed by atoms with E-state index < -0.39 is 17.2 Å². The third-order valence-corrected chi connectivity index (χ3v) is 2.77. The molecule has 0 fully saturated rings. The first-order valence-electron chi connectivity index (χ1n) is 6.23. The Bertz CT molecular complexity index is 739. The maximum atomic E-state index is 13.4. The summed E-state index contributed by atoms with van der Waals surface area (Å²) >= 11 is 0. The molecule has 2 aromatic carbocycles. The van der Waals surface area contributed by atoms with E-state index in [0.29, 0.717) is 0 Å². The maximum absolute atomic E-state index is 13.4. The van der Waals surface area contributed by atoms with Crippen LogP contribution in [0, 0.1) is 23.0 Å². The van der Waals surface area contributed by atoms with Crippen LogP contribution in [0.5, 0.6) is 5.75 Å². The molecule has 0 atom stereocenters. The van der Waals surface area contributed by atoms with Crippen LogP contribution in [-0.4, -0.2) is 19.5 Å². The van der Waals surface area contributed by atoms with E-state index >= 15 is 0 Å². The van der Waals surface area contributed by atoms with Gasteiger partial charge in [-0.25, -0.2) is 8.78 Å². The van der Waals surface area contributed by atoms with Crippen LogP contribution in [0.2, 0.25) is 0 Å². The van der Waals surface area contributed by atoms with E-state index in [0.717, 1.165) is 23.4 Å². The lowest BCUT2D eigenvalue weighted by Crippen LogP contribution is -1.93. The smallest absolute Gasteiger partial charge is 0.144 e. The first-order chi connectivity index (χ1) is 10.6. The van der Waals surface area contributed by atoms with Gasteiger partial charge < -0.3 is 4.74 Å². The quantitative estimate of drug-likeness (QED) is 0.642. The molecule has 6 heteroatoms. The minimum atomic E-state index is -0.928. The van der Waals surface area contributed by atoms with Gasteiger partial charge in [0.2, 0.25) is 0 Å². The Hall–Kier alpha value is -3.07. The highest BCUT2D eigenvalue weighted by Gasteiger charge is 2.09. The van der Waals surface area contributed by atoms with Crippen molar-refractivity contribution in [1.29, 1.82) is 5.26 Å². The fraction of sp³-hybridized carbons (Fsp3) is 0.0625. The predicted octanol–water partition coefficient (Wildman–Crippen LogP) is 3.30. The molecule has 0 amide bonds. The van der Waals surface area contributed by atoms with Crippen molar-refractivity contribution in [3.05, 3.63) is 64.7 Å². The molecule has 0 aliphatic carbocycles. The normalized spacial score (nSPS) is 11.0. The van der Waals surface area contributed by atoms with E-state index in [9.17, 15) is 8.78 Å². The van der Waals surface area contributed by atoms with Crippen LogP contribution in [-0.2, 0) is 0 Å². The second-order valence-electron chi connectivity index (χ2n) is 4.23. The van der Waals surface area contributed by atoms with Gasteiger partial charge in [0.1, 0.15) is 29.0 Å². The van der Waals surface area contributed by atoms with Crippen molar-refractivity contribution in [3.63, 3.8) is 0 Å². The standard InChI is InChI=1S/C16H11F2N3O/c1-22-13-4-2-11(3-5-13)9-20-21-10-12-6-15(17)14(8-19)16(18)7-12/h2-7,9-10H,1H3. The second kappa shape index (κ2) is 7.09. The molecular formula is C16H11F2N3O. The van der Waals surface area contributed by atoms with Crippen LogP contribution in [0.15, 0.2) is 46.6 Å². The molecule has 0 heterocycles. The summed E-state index contributed by atoms with van der Waals surface area (Å²) in [4.78, 5) is 0. The Morgan fingerprint density at radius 1 is 1.00 bits per heavy atom. The van der Waals surface area contributed by atoms with Gasteiger partial charge in [-0.05, 0) is 42.0 Å². The summed E-state index contributed by atoms with van der Waals surface area (Å²) in [6.07, 6.45) is 2.69. The summed E-state index contributed by atoms with van der Waals surface area (Å²) in [5.41, 5.74) is 0.370. The average Bonchev–Trinajstić information content (AvgIpc) is 2.52. The number of ether oxygens (including phenoxy) is 1. The lowest BCUT2D eigenvalue weighted by Gasteiger charge is -1.98. The Balaban J connectivity index is 2.09. The van der Waals surface area contributed by atoms with Crippen LogP contribution in [0.4, 0.5) is 8.78 Å². The van der Waals surface area contributed by atoms with E-state index in [4.69, 9.17) is 10.00 Å².